The van der Waals surface area contributed by atoms with Gasteiger partial charge in [0.1, 0.15) is 5.52 Å². The number of carbonyl (C=O) groups is 1. The SMILES string of the molecule is O=C(O)c1c[nH]c2c(=O)[nH]c3ccc(S(=O)(=O)O)cc3c12. The fourth-order valence-corrected chi connectivity index (χ4v) is 2.74. The minimum atomic E-state index is -4.44. The summed E-state index contributed by atoms with van der Waals surface area (Å²) in [6, 6.07) is 3.52. The molecule has 2 heterocycles. The van der Waals surface area contributed by atoms with Gasteiger partial charge in [0.05, 0.1) is 10.5 Å². The van der Waals surface area contributed by atoms with Crippen LogP contribution in [0.5, 0.6) is 0 Å². The van der Waals surface area contributed by atoms with Gasteiger partial charge in [-0.1, -0.05) is 0 Å². The lowest BCUT2D eigenvalue weighted by atomic mass is 10.1. The molecule has 9 heteroatoms. The maximum atomic E-state index is 11.9. The van der Waals surface area contributed by atoms with Crippen LogP contribution in [-0.4, -0.2) is 34.0 Å². The Balaban J connectivity index is 2.58. The molecular weight excluding hydrogens is 300 g/mol. The number of carboxylic acid groups (broad SMARTS) is 1. The number of benzene rings is 1. The highest BCUT2D eigenvalue weighted by Crippen LogP contribution is 2.26. The van der Waals surface area contributed by atoms with Crippen LogP contribution >= 0.6 is 0 Å². The average Bonchev–Trinajstić information content (AvgIpc) is 2.83. The van der Waals surface area contributed by atoms with E-state index in [1.54, 1.807) is 0 Å². The lowest BCUT2D eigenvalue weighted by Gasteiger charge is -2.03. The van der Waals surface area contributed by atoms with Crippen LogP contribution in [0.3, 0.4) is 0 Å². The minimum Gasteiger partial charge on any atom is -0.478 e. The number of carboxylic acids is 1. The predicted molar refractivity (Wildman–Crippen MR) is 73.2 cm³/mol. The van der Waals surface area contributed by atoms with Gasteiger partial charge in [-0.25, -0.2) is 4.79 Å². The second kappa shape index (κ2) is 4.17. The molecule has 0 aliphatic rings. The maximum absolute atomic E-state index is 11.9. The van der Waals surface area contributed by atoms with E-state index < -0.39 is 21.6 Å². The first-order valence-electron chi connectivity index (χ1n) is 5.67. The van der Waals surface area contributed by atoms with Crippen molar-refractivity contribution in [1.29, 1.82) is 0 Å². The molecule has 0 spiro atoms. The summed E-state index contributed by atoms with van der Waals surface area (Å²) in [4.78, 5) is 27.7. The number of aromatic nitrogens is 2. The molecule has 2 aromatic heterocycles. The Bertz CT molecular complexity index is 1060. The zero-order valence-electron chi connectivity index (χ0n) is 10.2. The Morgan fingerprint density at radius 3 is 2.57 bits per heavy atom. The number of aromatic carboxylic acids is 1. The van der Waals surface area contributed by atoms with Gasteiger partial charge in [-0.2, -0.15) is 8.42 Å². The summed E-state index contributed by atoms with van der Waals surface area (Å²) < 4.78 is 31.5. The third kappa shape index (κ3) is 1.99. The second-order valence-electron chi connectivity index (χ2n) is 4.39. The van der Waals surface area contributed by atoms with Gasteiger partial charge in [-0.15, -0.1) is 0 Å². The van der Waals surface area contributed by atoms with Crippen LogP contribution in [0, 0.1) is 0 Å². The molecule has 8 nitrogen and oxygen atoms in total. The fourth-order valence-electron chi connectivity index (χ4n) is 2.24. The molecule has 0 aliphatic heterocycles. The monoisotopic (exact) mass is 308 g/mol. The standard InChI is InChI=1S/C12H8N2O6S/c15-11-10-9(7(4-13-10)12(16)17)6-3-5(21(18,19)20)1-2-8(6)14-11/h1-4,13H,(H,14,15)(H,16,17)(H,18,19,20). The van der Waals surface area contributed by atoms with Crippen LogP contribution in [0.25, 0.3) is 21.8 Å². The summed E-state index contributed by atoms with van der Waals surface area (Å²) in [7, 11) is -4.44. The minimum absolute atomic E-state index is 0.0207. The van der Waals surface area contributed by atoms with Gasteiger partial charge in [0.15, 0.2) is 0 Å². The van der Waals surface area contributed by atoms with Crippen molar-refractivity contribution in [2.45, 2.75) is 4.90 Å². The van der Waals surface area contributed by atoms with Crippen molar-refractivity contribution in [2.75, 3.05) is 0 Å². The van der Waals surface area contributed by atoms with Crippen molar-refractivity contribution in [3.05, 3.63) is 40.3 Å². The van der Waals surface area contributed by atoms with Gasteiger partial charge < -0.3 is 15.1 Å². The molecule has 0 bridgehead atoms. The third-order valence-corrected chi connectivity index (χ3v) is 3.99. The van der Waals surface area contributed by atoms with E-state index in [1.807, 2.05) is 0 Å². The highest BCUT2D eigenvalue weighted by molar-refractivity contribution is 7.85. The Morgan fingerprint density at radius 2 is 1.95 bits per heavy atom. The molecule has 0 fully saturated rings. The van der Waals surface area contributed by atoms with E-state index >= 15 is 0 Å². The first kappa shape index (κ1) is 13.3. The number of H-pyrrole nitrogens is 2. The number of hydrogen-bond donors (Lipinski definition) is 4. The lowest BCUT2D eigenvalue weighted by Crippen LogP contribution is -2.07. The second-order valence-corrected chi connectivity index (χ2v) is 5.82. The average molecular weight is 308 g/mol. The van der Waals surface area contributed by atoms with E-state index in [0.717, 1.165) is 18.3 Å². The molecule has 3 aromatic rings. The van der Waals surface area contributed by atoms with Gasteiger partial charge in [0.2, 0.25) is 0 Å². The van der Waals surface area contributed by atoms with E-state index in [9.17, 15) is 18.0 Å². The summed E-state index contributed by atoms with van der Waals surface area (Å²) in [6.07, 6.45) is 1.15. The molecule has 4 N–H and O–H groups in total. The van der Waals surface area contributed by atoms with E-state index in [4.69, 9.17) is 9.66 Å². The highest BCUT2D eigenvalue weighted by Gasteiger charge is 2.18. The lowest BCUT2D eigenvalue weighted by molar-refractivity contribution is 0.0699. The number of pyridine rings is 1. The number of nitrogens with one attached hydrogen (secondary N) is 2. The Morgan fingerprint density at radius 1 is 1.24 bits per heavy atom. The Labute approximate surface area is 116 Å². The van der Waals surface area contributed by atoms with Crippen LogP contribution < -0.4 is 5.56 Å². The zero-order valence-corrected chi connectivity index (χ0v) is 11.1. The van der Waals surface area contributed by atoms with Gasteiger partial charge in [0.25, 0.3) is 15.7 Å². The first-order valence-corrected chi connectivity index (χ1v) is 7.11. The molecule has 0 saturated carbocycles. The van der Waals surface area contributed by atoms with E-state index in [-0.39, 0.29) is 32.3 Å². The summed E-state index contributed by atoms with van der Waals surface area (Å²) in [5, 5.41) is 9.45. The number of aromatic amines is 2. The van der Waals surface area contributed by atoms with Gasteiger partial charge in [-0.3, -0.25) is 9.35 Å². The van der Waals surface area contributed by atoms with Crippen LogP contribution in [0.2, 0.25) is 0 Å². The zero-order chi connectivity index (χ0) is 15.4. The molecule has 21 heavy (non-hydrogen) atoms. The van der Waals surface area contributed by atoms with Crippen LogP contribution in [0.4, 0.5) is 0 Å². The largest absolute Gasteiger partial charge is 0.478 e. The number of hydrogen-bond acceptors (Lipinski definition) is 4. The highest BCUT2D eigenvalue weighted by atomic mass is 32.2. The summed E-state index contributed by atoms with van der Waals surface area (Å²) in [5.41, 5.74) is -0.396. The van der Waals surface area contributed by atoms with E-state index in [0.29, 0.717) is 0 Å². The Hall–Kier alpha value is -2.65. The van der Waals surface area contributed by atoms with Crippen molar-refractivity contribution < 1.29 is 22.9 Å². The van der Waals surface area contributed by atoms with E-state index in [2.05, 4.69) is 9.97 Å². The molecule has 0 amide bonds. The predicted octanol–water partition coefficient (Wildman–Crippen LogP) is 0.954. The van der Waals surface area contributed by atoms with E-state index in [1.165, 1.54) is 6.07 Å². The van der Waals surface area contributed by atoms with Crippen LogP contribution in [-0.2, 0) is 10.1 Å². The smallest absolute Gasteiger partial charge is 0.337 e. The molecule has 3 rings (SSSR count). The third-order valence-electron chi connectivity index (χ3n) is 3.14. The van der Waals surface area contributed by atoms with Crippen molar-refractivity contribution >= 4 is 37.9 Å². The van der Waals surface area contributed by atoms with Crippen LogP contribution in [0.1, 0.15) is 10.4 Å². The van der Waals surface area contributed by atoms with Gasteiger partial charge >= 0.3 is 5.97 Å². The molecule has 108 valence electrons. The molecule has 0 aliphatic carbocycles. The van der Waals surface area contributed by atoms with Crippen molar-refractivity contribution in [2.24, 2.45) is 0 Å². The fraction of sp³-hybridized carbons (Fsp3) is 0. The molecule has 0 unspecified atom stereocenters. The molecular formula is C12H8N2O6S. The molecule has 0 radical (unpaired) electrons. The normalized spacial score (nSPS) is 12.0. The first-order chi connectivity index (χ1) is 9.79. The maximum Gasteiger partial charge on any atom is 0.337 e. The number of rotatable bonds is 2. The quantitative estimate of drug-likeness (QED) is 0.520. The van der Waals surface area contributed by atoms with Crippen molar-refractivity contribution in [1.82, 2.24) is 9.97 Å². The summed E-state index contributed by atoms with van der Waals surface area (Å²) in [5.74, 6) is -1.26. The summed E-state index contributed by atoms with van der Waals surface area (Å²) in [6.45, 7) is 0. The number of fused-ring (bicyclic) bond motifs is 3. The van der Waals surface area contributed by atoms with Gasteiger partial charge in [0, 0.05) is 22.5 Å². The van der Waals surface area contributed by atoms with Crippen molar-refractivity contribution in [3.8, 4) is 0 Å². The van der Waals surface area contributed by atoms with Gasteiger partial charge in [-0.05, 0) is 18.2 Å². The molecule has 0 saturated heterocycles. The molecule has 1 aromatic carbocycles. The topological polar surface area (TPSA) is 140 Å². The Kier molecular flexibility index (Phi) is 2.65. The van der Waals surface area contributed by atoms with Crippen molar-refractivity contribution in [3.63, 3.8) is 0 Å². The summed E-state index contributed by atoms with van der Waals surface area (Å²) >= 11 is 0. The molecule has 0 atom stereocenters. The van der Waals surface area contributed by atoms with Crippen LogP contribution in [0.15, 0.2) is 34.1 Å².